The highest BCUT2D eigenvalue weighted by Gasteiger charge is 2.10. The number of rotatable bonds is 0. The fourth-order valence-electron chi connectivity index (χ4n) is 0.422. The van der Waals surface area contributed by atoms with Gasteiger partial charge in [0.1, 0.15) is 6.33 Å². The summed E-state index contributed by atoms with van der Waals surface area (Å²) in [5.41, 5.74) is 0. The van der Waals surface area contributed by atoms with Gasteiger partial charge < -0.3 is 0 Å². The van der Waals surface area contributed by atoms with Gasteiger partial charge in [0.05, 0.1) is 0 Å². The van der Waals surface area contributed by atoms with E-state index >= 15 is 0 Å². The van der Waals surface area contributed by atoms with Crippen molar-refractivity contribution in [2.45, 2.75) is 10.3 Å². The summed E-state index contributed by atoms with van der Waals surface area (Å²) in [5.74, 6) is 0. The minimum atomic E-state index is 0.819. The lowest BCUT2D eigenvalue weighted by Gasteiger charge is -1.77. The second-order valence-corrected chi connectivity index (χ2v) is 3.28. The van der Waals surface area contributed by atoms with E-state index in [1.807, 2.05) is 0 Å². The quantitative estimate of drug-likeness (QED) is 0.506. The summed E-state index contributed by atoms with van der Waals surface area (Å²) in [4.78, 5) is 11.7. The molecule has 0 spiro atoms. The van der Waals surface area contributed by atoms with E-state index in [9.17, 15) is 0 Å². The van der Waals surface area contributed by atoms with E-state index in [1.54, 1.807) is 21.6 Å². The van der Waals surface area contributed by atoms with Gasteiger partial charge in [-0.1, -0.05) is 0 Å². The molecule has 1 aromatic rings. The highest BCUT2D eigenvalue weighted by molar-refractivity contribution is 8.76. The van der Waals surface area contributed by atoms with Crippen molar-refractivity contribution >= 4 is 21.6 Å². The molecule has 8 heavy (non-hydrogen) atoms. The Hall–Kier alpha value is -0.290. The normalized spacial score (nSPS) is 14.5. The fourth-order valence-corrected chi connectivity index (χ4v) is 1.99. The third kappa shape index (κ3) is 0.585. The zero-order valence-electron chi connectivity index (χ0n) is 3.74. The Labute approximate surface area is 53.7 Å². The fraction of sp³-hybridized carbons (Fsp3) is 0. The molecule has 1 aliphatic heterocycles. The molecular formula is C3HN3S2. The Bertz CT molecular complexity index is 194. The van der Waals surface area contributed by atoms with E-state index in [2.05, 4.69) is 15.0 Å². The molecule has 0 saturated carbocycles. The van der Waals surface area contributed by atoms with Gasteiger partial charge in [-0.2, -0.15) is 4.98 Å². The molecule has 2 heterocycles. The minimum absolute atomic E-state index is 0.819. The molecule has 0 aliphatic carbocycles. The van der Waals surface area contributed by atoms with E-state index in [1.165, 1.54) is 6.33 Å². The minimum Gasteiger partial charge on any atom is -0.210 e. The molecule has 1 aliphatic rings. The summed E-state index contributed by atoms with van der Waals surface area (Å²) in [6.07, 6.45) is 1.53. The third-order valence-electron chi connectivity index (χ3n) is 0.718. The maximum Gasteiger partial charge on any atom is 0.202 e. The maximum absolute atomic E-state index is 3.99. The first-order valence-corrected chi connectivity index (χ1v) is 4.14. The van der Waals surface area contributed by atoms with Crippen molar-refractivity contribution in [1.82, 2.24) is 15.0 Å². The molecule has 40 valence electrons. The Balaban J connectivity index is 2.66. The average molecular weight is 143 g/mol. The lowest BCUT2D eigenvalue weighted by atomic mass is 11.1. The highest BCUT2D eigenvalue weighted by Crippen LogP contribution is 2.38. The largest absolute Gasteiger partial charge is 0.210 e. The van der Waals surface area contributed by atoms with Crippen LogP contribution in [0.2, 0.25) is 0 Å². The SMILES string of the molecule is c1nc2nc(n1)SS2. The van der Waals surface area contributed by atoms with Crippen LogP contribution in [0.3, 0.4) is 0 Å². The van der Waals surface area contributed by atoms with Crippen LogP contribution in [0.4, 0.5) is 0 Å². The second-order valence-electron chi connectivity index (χ2n) is 1.22. The number of aromatic nitrogens is 3. The van der Waals surface area contributed by atoms with Gasteiger partial charge in [-0.25, -0.2) is 9.97 Å². The van der Waals surface area contributed by atoms with Gasteiger partial charge in [0.2, 0.25) is 10.3 Å². The van der Waals surface area contributed by atoms with Crippen LogP contribution >= 0.6 is 21.6 Å². The zero-order valence-corrected chi connectivity index (χ0v) is 5.37. The van der Waals surface area contributed by atoms with E-state index < -0.39 is 0 Å². The van der Waals surface area contributed by atoms with Crippen LogP contribution in [0.5, 0.6) is 0 Å². The van der Waals surface area contributed by atoms with Crippen LogP contribution in [-0.4, -0.2) is 15.0 Å². The molecule has 0 N–H and O–H groups in total. The van der Waals surface area contributed by atoms with Gasteiger partial charge in [-0.3, -0.25) is 0 Å². The van der Waals surface area contributed by atoms with Crippen molar-refractivity contribution in [2.24, 2.45) is 0 Å². The van der Waals surface area contributed by atoms with Gasteiger partial charge in [-0.15, -0.1) is 0 Å². The molecule has 1 aromatic heterocycles. The summed E-state index contributed by atoms with van der Waals surface area (Å²) in [6, 6.07) is 0. The summed E-state index contributed by atoms with van der Waals surface area (Å²) >= 11 is 0. The molecule has 2 rings (SSSR count). The van der Waals surface area contributed by atoms with E-state index in [0.29, 0.717) is 0 Å². The molecule has 0 aromatic carbocycles. The first-order valence-electron chi connectivity index (χ1n) is 1.99. The monoisotopic (exact) mass is 143 g/mol. The molecule has 0 saturated heterocycles. The van der Waals surface area contributed by atoms with Gasteiger partial charge in [0.25, 0.3) is 0 Å². The van der Waals surface area contributed by atoms with Crippen LogP contribution in [0.1, 0.15) is 0 Å². The van der Waals surface area contributed by atoms with Crippen molar-refractivity contribution in [1.29, 1.82) is 0 Å². The molecule has 0 amide bonds. The topological polar surface area (TPSA) is 38.7 Å². The van der Waals surface area contributed by atoms with Crippen LogP contribution in [0.15, 0.2) is 16.6 Å². The third-order valence-corrected chi connectivity index (χ3v) is 2.64. The van der Waals surface area contributed by atoms with Crippen LogP contribution in [0, 0.1) is 0 Å². The summed E-state index contributed by atoms with van der Waals surface area (Å²) in [5, 5.41) is 1.64. The summed E-state index contributed by atoms with van der Waals surface area (Å²) in [7, 11) is 3.10. The van der Waals surface area contributed by atoms with Gasteiger partial charge >= 0.3 is 0 Å². The number of nitrogens with zero attached hydrogens (tertiary/aromatic N) is 3. The lowest BCUT2D eigenvalue weighted by Crippen LogP contribution is -1.81. The van der Waals surface area contributed by atoms with Crippen molar-refractivity contribution in [3.8, 4) is 0 Å². The Morgan fingerprint density at radius 1 is 1.12 bits per heavy atom. The van der Waals surface area contributed by atoms with Crippen LogP contribution in [-0.2, 0) is 0 Å². The molecule has 0 atom stereocenters. The van der Waals surface area contributed by atoms with Gasteiger partial charge in [0, 0.05) is 0 Å². The standard InChI is InChI=1S/C3HN3S2/c1-4-2-6-3(5-1)8-7-2/h1H. The average Bonchev–Trinajstić information content (AvgIpc) is 2.12. The highest BCUT2D eigenvalue weighted by atomic mass is 33.1. The maximum atomic E-state index is 3.99. The van der Waals surface area contributed by atoms with E-state index in [0.717, 1.165) is 10.3 Å². The van der Waals surface area contributed by atoms with Crippen LogP contribution in [0.25, 0.3) is 0 Å². The molecule has 0 fully saturated rings. The van der Waals surface area contributed by atoms with Crippen molar-refractivity contribution in [3.63, 3.8) is 0 Å². The number of fused-ring (bicyclic) bond motifs is 2. The number of hydrogen-bond donors (Lipinski definition) is 0. The van der Waals surface area contributed by atoms with Crippen molar-refractivity contribution in [3.05, 3.63) is 6.33 Å². The summed E-state index contributed by atoms with van der Waals surface area (Å²) < 4.78 is 0. The van der Waals surface area contributed by atoms with Gasteiger partial charge in [-0.05, 0) is 21.6 Å². The Morgan fingerprint density at radius 2 is 1.75 bits per heavy atom. The Kier molecular flexibility index (Phi) is 0.913. The smallest absolute Gasteiger partial charge is 0.202 e. The first-order chi connectivity index (χ1) is 3.95. The van der Waals surface area contributed by atoms with E-state index in [4.69, 9.17) is 0 Å². The van der Waals surface area contributed by atoms with Crippen LogP contribution < -0.4 is 0 Å². The molecule has 2 bridgehead atoms. The van der Waals surface area contributed by atoms with Crippen molar-refractivity contribution in [2.75, 3.05) is 0 Å². The lowest BCUT2D eigenvalue weighted by molar-refractivity contribution is 0.814. The first kappa shape index (κ1) is 4.58. The van der Waals surface area contributed by atoms with E-state index in [-0.39, 0.29) is 0 Å². The second kappa shape index (κ2) is 1.60. The van der Waals surface area contributed by atoms with Gasteiger partial charge in [0.15, 0.2) is 0 Å². The molecule has 3 nitrogen and oxygen atoms in total. The molecule has 5 heteroatoms. The molecule has 0 radical (unpaired) electrons. The summed E-state index contributed by atoms with van der Waals surface area (Å²) in [6.45, 7) is 0. The van der Waals surface area contributed by atoms with Crippen molar-refractivity contribution < 1.29 is 0 Å². The zero-order chi connectivity index (χ0) is 5.40. The predicted octanol–water partition coefficient (Wildman–Crippen LogP) is 0.984. The predicted molar refractivity (Wildman–Crippen MR) is 31.5 cm³/mol. The number of hydrogen-bond acceptors (Lipinski definition) is 5. The molecule has 0 unspecified atom stereocenters. The Morgan fingerprint density at radius 3 is 2.25 bits per heavy atom. The molecular weight excluding hydrogens is 142 g/mol.